The Bertz CT molecular complexity index is 548. The Kier molecular flexibility index (Phi) is 5.81. The molecule has 4 nitrogen and oxygen atoms in total. The third kappa shape index (κ3) is 4.90. The van der Waals surface area contributed by atoms with Crippen molar-refractivity contribution >= 4 is 0 Å². The molecular formula is C17H25N3O. The summed E-state index contributed by atoms with van der Waals surface area (Å²) in [7, 11) is 0. The molecule has 0 unspecified atom stereocenters. The highest BCUT2D eigenvalue weighted by molar-refractivity contribution is 5.28. The zero-order chi connectivity index (χ0) is 15.1. The maximum absolute atomic E-state index is 5.83. The van der Waals surface area contributed by atoms with Gasteiger partial charge in [0.1, 0.15) is 12.4 Å². The van der Waals surface area contributed by atoms with E-state index in [1.807, 2.05) is 29.1 Å². The average molecular weight is 287 g/mol. The van der Waals surface area contributed by atoms with Crippen LogP contribution in [0.25, 0.3) is 0 Å². The molecule has 0 aliphatic carbocycles. The van der Waals surface area contributed by atoms with Gasteiger partial charge >= 0.3 is 0 Å². The van der Waals surface area contributed by atoms with Crippen molar-refractivity contribution < 1.29 is 4.74 Å². The maximum atomic E-state index is 5.83. The van der Waals surface area contributed by atoms with Crippen LogP contribution in [0.5, 0.6) is 5.75 Å². The lowest BCUT2D eigenvalue weighted by Gasteiger charge is -2.08. The summed E-state index contributed by atoms with van der Waals surface area (Å²) in [5.41, 5.74) is 2.20. The van der Waals surface area contributed by atoms with Crippen LogP contribution < -0.4 is 10.1 Å². The van der Waals surface area contributed by atoms with Crippen molar-refractivity contribution in [1.82, 2.24) is 15.1 Å². The SMILES string of the molecule is CCCNCc1cccc(OCc2ccn(C(C)C)n2)c1. The van der Waals surface area contributed by atoms with E-state index in [1.54, 1.807) is 0 Å². The number of rotatable bonds is 8. The number of benzene rings is 1. The molecule has 0 radical (unpaired) electrons. The van der Waals surface area contributed by atoms with E-state index in [0.717, 1.165) is 31.0 Å². The highest BCUT2D eigenvalue weighted by atomic mass is 16.5. The molecule has 0 saturated heterocycles. The predicted octanol–water partition coefficient (Wildman–Crippen LogP) is 3.54. The first-order chi connectivity index (χ1) is 10.2. The Labute approximate surface area is 127 Å². The summed E-state index contributed by atoms with van der Waals surface area (Å²) >= 11 is 0. The third-order valence-corrected chi connectivity index (χ3v) is 3.23. The third-order valence-electron chi connectivity index (χ3n) is 3.23. The van der Waals surface area contributed by atoms with Gasteiger partial charge in [-0.05, 0) is 50.6 Å². The largest absolute Gasteiger partial charge is 0.487 e. The van der Waals surface area contributed by atoms with E-state index in [4.69, 9.17) is 4.74 Å². The van der Waals surface area contributed by atoms with Gasteiger partial charge in [0.25, 0.3) is 0 Å². The highest BCUT2D eigenvalue weighted by Crippen LogP contribution is 2.15. The van der Waals surface area contributed by atoms with Crippen LogP contribution in [0.2, 0.25) is 0 Å². The topological polar surface area (TPSA) is 39.1 Å². The van der Waals surface area contributed by atoms with Crippen LogP contribution in [0, 0.1) is 0 Å². The summed E-state index contributed by atoms with van der Waals surface area (Å²) in [5.74, 6) is 0.893. The molecule has 0 saturated carbocycles. The van der Waals surface area contributed by atoms with E-state index in [1.165, 1.54) is 5.56 Å². The first-order valence-corrected chi connectivity index (χ1v) is 7.65. The summed E-state index contributed by atoms with van der Waals surface area (Å²) in [6, 6.07) is 10.6. The normalized spacial score (nSPS) is 11.0. The fourth-order valence-corrected chi connectivity index (χ4v) is 2.05. The molecule has 1 heterocycles. The fourth-order valence-electron chi connectivity index (χ4n) is 2.05. The molecule has 0 aliphatic rings. The van der Waals surface area contributed by atoms with E-state index in [-0.39, 0.29) is 0 Å². The molecule has 21 heavy (non-hydrogen) atoms. The van der Waals surface area contributed by atoms with Gasteiger partial charge in [-0.3, -0.25) is 4.68 Å². The van der Waals surface area contributed by atoms with Gasteiger partial charge in [0, 0.05) is 18.8 Å². The van der Waals surface area contributed by atoms with Crippen LogP contribution in [0.3, 0.4) is 0 Å². The van der Waals surface area contributed by atoms with Crippen molar-refractivity contribution in [2.24, 2.45) is 0 Å². The first-order valence-electron chi connectivity index (χ1n) is 7.65. The van der Waals surface area contributed by atoms with Crippen molar-refractivity contribution in [3.05, 3.63) is 47.8 Å². The first kappa shape index (κ1) is 15.6. The molecule has 114 valence electrons. The van der Waals surface area contributed by atoms with Crippen molar-refractivity contribution in [2.45, 2.75) is 46.4 Å². The van der Waals surface area contributed by atoms with Gasteiger partial charge in [-0.2, -0.15) is 5.10 Å². The lowest BCUT2D eigenvalue weighted by Crippen LogP contribution is -2.13. The molecule has 1 N–H and O–H groups in total. The van der Waals surface area contributed by atoms with Gasteiger partial charge in [0.05, 0.1) is 5.69 Å². The van der Waals surface area contributed by atoms with E-state index in [0.29, 0.717) is 12.6 Å². The van der Waals surface area contributed by atoms with Crippen LogP contribution >= 0.6 is 0 Å². The summed E-state index contributed by atoms with van der Waals surface area (Å²) in [6.45, 7) is 8.83. The minimum atomic E-state index is 0.381. The van der Waals surface area contributed by atoms with Gasteiger partial charge in [0.15, 0.2) is 0 Å². The van der Waals surface area contributed by atoms with Gasteiger partial charge < -0.3 is 10.1 Å². The molecular weight excluding hydrogens is 262 g/mol. The average Bonchev–Trinajstić information content (AvgIpc) is 2.95. The molecule has 0 aliphatic heterocycles. The Morgan fingerprint density at radius 3 is 2.86 bits per heavy atom. The van der Waals surface area contributed by atoms with E-state index < -0.39 is 0 Å². The molecule has 0 amide bonds. The minimum Gasteiger partial charge on any atom is -0.487 e. The standard InChI is InChI=1S/C17H25N3O/c1-4-9-18-12-15-6-5-7-17(11-15)21-13-16-8-10-20(19-16)14(2)3/h5-8,10-11,14,18H,4,9,12-13H2,1-3H3. The Morgan fingerprint density at radius 1 is 1.29 bits per heavy atom. The molecule has 4 heteroatoms. The van der Waals surface area contributed by atoms with Crippen LogP contribution in [0.4, 0.5) is 0 Å². The number of ether oxygens (including phenoxy) is 1. The van der Waals surface area contributed by atoms with Crippen LogP contribution in [0.15, 0.2) is 36.5 Å². The number of aromatic nitrogens is 2. The monoisotopic (exact) mass is 287 g/mol. The van der Waals surface area contributed by atoms with Crippen molar-refractivity contribution in [2.75, 3.05) is 6.54 Å². The van der Waals surface area contributed by atoms with Crippen LogP contribution in [-0.2, 0) is 13.2 Å². The lowest BCUT2D eigenvalue weighted by atomic mass is 10.2. The minimum absolute atomic E-state index is 0.381. The molecule has 1 aromatic heterocycles. The smallest absolute Gasteiger partial charge is 0.132 e. The second-order valence-corrected chi connectivity index (χ2v) is 5.49. The van der Waals surface area contributed by atoms with Gasteiger partial charge in [0.2, 0.25) is 0 Å². The van der Waals surface area contributed by atoms with E-state index in [2.05, 4.69) is 43.3 Å². The van der Waals surface area contributed by atoms with Crippen LogP contribution in [-0.4, -0.2) is 16.3 Å². The molecule has 0 bridgehead atoms. The van der Waals surface area contributed by atoms with E-state index in [9.17, 15) is 0 Å². The summed E-state index contributed by atoms with van der Waals surface area (Å²) in [4.78, 5) is 0. The summed E-state index contributed by atoms with van der Waals surface area (Å²) in [6.07, 6.45) is 3.14. The Balaban J connectivity index is 1.88. The molecule has 2 aromatic rings. The van der Waals surface area contributed by atoms with E-state index >= 15 is 0 Å². The number of nitrogens with zero attached hydrogens (tertiary/aromatic N) is 2. The number of hydrogen-bond acceptors (Lipinski definition) is 3. The second-order valence-electron chi connectivity index (χ2n) is 5.49. The lowest BCUT2D eigenvalue weighted by molar-refractivity contribution is 0.298. The molecule has 1 aromatic carbocycles. The highest BCUT2D eigenvalue weighted by Gasteiger charge is 2.03. The van der Waals surface area contributed by atoms with Crippen molar-refractivity contribution in [3.63, 3.8) is 0 Å². The van der Waals surface area contributed by atoms with Crippen LogP contribution in [0.1, 0.15) is 44.5 Å². The zero-order valence-electron chi connectivity index (χ0n) is 13.2. The fraction of sp³-hybridized carbons (Fsp3) is 0.471. The van der Waals surface area contributed by atoms with Gasteiger partial charge in [-0.15, -0.1) is 0 Å². The van der Waals surface area contributed by atoms with Crippen molar-refractivity contribution in [1.29, 1.82) is 0 Å². The summed E-state index contributed by atoms with van der Waals surface area (Å²) in [5, 5.41) is 7.88. The van der Waals surface area contributed by atoms with Gasteiger partial charge in [-0.1, -0.05) is 19.1 Å². The second kappa shape index (κ2) is 7.84. The zero-order valence-corrected chi connectivity index (χ0v) is 13.2. The molecule has 0 atom stereocenters. The van der Waals surface area contributed by atoms with Gasteiger partial charge in [-0.25, -0.2) is 0 Å². The Morgan fingerprint density at radius 2 is 2.14 bits per heavy atom. The summed E-state index contributed by atoms with van der Waals surface area (Å²) < 4.78 is 7.78. The number of hydrogen-bond donors (Lipinski definition) is 1. The predicted molar refractivity (Wildman–Crippen MR) is 85.4 cm³/mol. The number of nitrogens with one attached hydrogen (secondary N) is 1. The molecule has 0 fully saturated rings. The molecule has 0 spiro atoms. The van der Waals surface area contributed by atoms with Crippen molar-refractivity contribution in [3.8, 4) is 5.75 Å². The Hall–Kier alpha value is -1.81. The quantitative estimate of drug-likeness (QED) is 0.755. The molecule has 2 rings (SSSR count). The maximum Gasteiger partial charge on any atom is 0.132 e.